The predicted molar refractivity (Wildman–Crippen MR) is 120 cm³/mol. The van der Waals surface area contributed by atoms with Gasteiger partial charge in [0.1, 0.15) is 6.10 Å². The lowest BCUT2D eigenvalue weighted by Gasteiger charge is -2.33. The van der Waals surface area contributed by atoms with E-state index in [1.807, 2.05) is 24.3 Å². The number of ether oxygens (including phenoxy) is 2. The van der Waals surface area contributed by atoms with E-state index in [-0.39, 0.29) is 42.0 Å². The normalized spacial score (nSPS) is 23.0. The van der Waals surface area contributed by atoms with Gasteiger partial charge < -0.3 is 14.4 Å². The van der Waals surface area contributed by atoms with Crippen molar-refractivity contribution in [2.24, 2.45) is 0 Å². The van der Waals surface area contributed by atoms with Crippen LogP contribution in [0.25, 0.3) is 0 Å². The van der Waals surface area contributed by atoms with E-state index in [9.17, 15) is 14.4 Å². The van der Waals surface area contributed by atoms with E-state index >= 15 is 0 Å². The van der Waals surface area contributed by atoms with Crippen LogP contribution in [0, 0.1) is 0 Å². The molecule has 3 heterocycles. The number of imide groups is 1. The smallest absolute Gasteiger partial charge is 0.261 e. The van der Waals surface area contributed by atoms with Crippen LogP contribution in [-0.4, -0.2) is 66.5 Å². The zero-order valence-corrected chi connectivity index (χ0v) is 19.0. The van der Waals surface area contributed by atoms with Gasteiger partial charge >= 0.3 is 0 Å². The minimum absolute atomic E-state index is 0.109. The Morgan fingerprint density at radius 2 is 1.78 bits per heavy atom. The minimum atomic E-state index is -0.357. The maximum Gasteiger partial charge on any atom is 0.261 e. The van der Waals surface area contributed by atoms with Crippen LogP contribution in [-0.2, 0) is 9.47 Å². The Labute approximate surface area is 194 Å². The van der Waals surface area contributed by atoms with Gasteiger partial charge in [-0.3, -0.25) is 19.3 Å². The topological polar surface area (TPSA) is 76.2 Å². The lowest BCUT2D eigenvalue weighted by Crippen LogP contribution is -2.42. The number of fused-ring (bicyclic) bond motifs is 1. The zero-order chi connectivity index (χ0) is 22.2. The zero-order valence-electron chi connectivity index (χ0n) is 17.5. The van der Waals surface area contributed by atoms with Crippen LogP contribution >= 0.6 is 15.9 Å². The summed E-state index contributed by atoms with van der Waals surface area (Å²) >= 11 is 3.43. The van der Waals surface area contributed by atoms with Crippen molar-refractivity contribution in [3.05, 3.63) is 69.2 Å². The number of rotatable bonds is 4. The van der Waals surface area contributed by atoms with Crippen molar-refractivity contribution >= 4 is 33.7 Å². The average molecular weight is 499 g/mol. The summed E-state index contributed by atoms with van der Waals surface area (Å²) < 4.78 is 12.4. The second-order valence-electron chi connectivity index (χ2n) is 8.28. The summed E-state index contributed by atoms with van der Waals surface area (Å²) in [6.45, 7) is 2.25. The lowest BCUT2D eigenvalue weighted by atomic mass is 10.0. The molecule has 2 unspecified atom stereocenters. The van der Waals surface area contributed by atoms with E-state index in [0.29, 0.717) is 37.4 Å². The summed E-state index contributed by atoms with van der Waals surface area (Å²) in [5.74, 6) is -0.845. The van der Waals surface area contributed by atoms with Crippen LogP contribution < -0.4 is 0 Å². The van der Waals surface area contributed by atoms with Gasteiger partial charge in [0.2, 0.25) is 0 Å². The standard InChI is InChI=1S/C24H23BrN2O5/c25-17-6-3-15(4-7-17)21-14-26(9-11-32-21)22(28)16-5-8-19-20(12-16)24(30)27(23(19)29)13-18-2-1-10-31-18/h3-8,12,18,21H,1-2,9-11,13-14H2. The van der Waals surface area contributed by atoms with E-state index in [2.05, 4.69) is 15.9 Å². The molecule has 2 aromatic rings. The first-order chi connectivity index (χ1) is 15.5. The van der Waals surface area contributed by atoms with E-state index in [0.717, 1.165) is 22.9 Å². The van der Waals surface area contributed by atoms with Crippen LogP contribution in [0.3, 0.4) is 0 Å². The van der Waals surface area contributed by atoms with E-state index in [4.69, 9.17) is 9.47 Å². The van der Waals surface area contributed by atoms with Gasteiger partial charge in [0.05, 0.1) is 36.9 Å². The Morgan fingerprint density at radius 1 is 1.00 bits per heavy atom. The molecule has 0 N–H and O–H groups in total. The summed E-state index contributed by atoms with van der Waals surface area (Å²) in [5, 5.41) is 0. The highest BCUT2D eigenvalue weighted by Crippen LogP contribution is 2.28. The second-order valence-corrected chi connectivity index (χ2v) is 9.19. The predicted octanol–water partition coefficient (Wildman–Crippen LogP) is 3.44. The molecule has 0 radical (unpaired) electrons. The summed E-state index contributed by atoms with van der Waals surface area (Å²) in [4.78, 5) is 41.8. The minimum Gasteiger partial charge on any atom is -0.376 e. The molecule has 3 aliphatic rings. The SMILES string of the molecule is O=C(c1ccc2c(c1)C(=O)N(CC1CCCO1)C2=O)N1CCOC(c2ccc(Br)cc2)C1. The first kappa shape index (κ1) is 21.3. The van der Waals surface area contributed by atoms with Crippen LogP contribution in [0.15, 0.2) is 46.9 Å². The quantitative estimate of drug-likeness (QED) is 0.603. The Balaban J connectivity index is 1.32. The highest BCUT2D eigenvalue weighted by atomic mass is 79.9. The van der Waals surface area contributed by atoms with Gasteiger partial charge in [0.15, 0.2) is 0 Å². The van der Waals surface area contributed by atoms with Gasteiger partial charge in [0.25, 0.3) is 17.7 Å². The third-order valence-corrected chi connectivity index (χ3v) is 6.75. The molecule has 5 rings (SSSR count). The van der Waals surface area contributed by atoms with Crippen molar-refractivity contribution in [3.8, 4) is 0 Å². The monoisotopic (exact) mass is 498 g/mol. The molecule has 0 spiro atoms. The Bertz CT molecular complexity index is 1060. The third-order valence-electron chi connectivity index (χ3n) is 6.22. The first-order valence-corrected chi connectivity index (χ1v) is 11.6. The summed E-state index contributed by atoms with van der Waals surface area (Å²) in [7, 11) is 0. The van der Waals surface area contributed by atoms with Gasteiger partial charge in [0, 0.05) is 23.2 Å². The molecule has 8 heteroatoms. The van der Waals surface area contributed by atoms with Crippen LogP contribution in [0.5, 0.6) is 0 Å². The number of carbonyl (C=O) groups excluding carboxylic acids is 3. The van der Waals surface area contributed by atoms with Crippen molar-refractivity contribution in [1.82, 2.24) is 9.80 Å². The number of hydrogen-bond donors (Lipinski definition) is 0. The Morgan fingerprint density at radius 3 is 2.53 bits per heavy atom. The fourth-order valence-electron chi connectivity index (χ4n) is 4.48. The number of halogens is 1. The van der Waals surface area contributed by atoms with Crippen molar-refractivity contribution < 1.29 is 23.9 Å². The molecule has 2 fully saturated rings. The summed E-state index contributed by atoms with van der Waals surface area (Å²) in [6, 6.07) is 12.6. The second kappa shape index (κ2) is 8.77. The van der Waals surface area contributed by atoms with Gasteiger partial charge in [-0.15, -0.1) is 0 Å². The molecule has 0 aliphatic carbocycles. The van der Waals surface area contributed by atoms with Crippen molar-refractivity contribution in [3.63, 3.8) is 0 Å². The fraction of sp³-hybridized carbons (Fsp3) is 0.375. The maximum absolute atomic E-state index is 13.2. The van der Waals surface area contributed by atoms with Crippen LogP contribution in [0.2, 0.25) is 0 Å². The van der Waals surface area contributed by atoms with E-state index in [1.54, 1.807) is 23.1 Å². The third kappa shape index (κ3) is 3.98. The van der Waals surface area contributed by atoms with Gasteiger partial charge in [-0.05, 0) is 48.7 Å². The molecular weight excluding hydrogens is 476 g/mol. The van der Waals surface area contributed by atoms with Crippen LogP contribution in [0.4, 0.5) is 0 Å². The number of amides is 3. The molecule has 2 atom stereocenters. The number of morpholine rings is 1. The molecule has 0 saturated carbocycles. The summed E-state index contributed by atoms with van der Waals surface area (Å²) in [5.41, 5.74) is 2.04. The van der Waals surface area contributed by atoms with Crippen LogP contribution in [0.1, 0.15) is 55.6 Å². The summed E-state index contributed by atoms with van der Waals surface area (Å²) in [6.07, 6.45) is 1.46. The highest BCUT2D eigenvalue weighted by molar-refractivity contribution is 9.10. The van der Waals surface area contributed by atoms with Crippen molar-refractivity contribution in [1.29, 1.82) is 0 Å². The average Bonchev–Trinajstić information content (AvgIpc) is 3.42. The van der Waals surface area contributed by atoms with Crippen molar-refractivity contribution in [2.75, 3.05) is 32.8 Å². The fourth-order valence-corrected chi connectivity index (χ4v) is 4.74. The van der Waals surface area contributed by atoms with Gasteiger partial charge in [-0.1, -0.05) is 28.1 Å². The van der Waals surface area contributed by atoms with Crippen molar-refractivity contribution in [2.45, 2.75) is 25.0 Å². The van der Waals surface area contributed by atoms with Gasteiger partial charge in [-0.25, -0.2) is 0 Å². The number of benzene rings is 2. The van der Waals surface area contributed by atoms with Gasteiger partial charge in [-0.2, -0.15) is 0 Å². The molecule has 166 valence electrons. The molecule has 3 aliphatic heterocycles. The largest absolute Gasteiger partial charge is 0.376 e. The number of nitrogens with zero attached hydrogens (tertiary/aromatic N) is 2. The lowest BCUT2D eigenvalue weighted by molar-refractivity contribution is -0.0228. The molecule has 2 aromatic carbocycles. The molecule has 32 heavy (non-hydrogen) atoms. The highest BCUT2D eigenvalue weighted by Gasteiger charge is 2.38. The first-order valence-electron chi connectivity index (χ1n) is 10.8. The number of carbonyl (C=O) groups is 3. The molecular formula is C24H23BrN2O5. The maximum atomic E-state index is 13.2. The molecule has 2 saturated heterocycles. The molecule has 3 amide bonds. The Kier molecular flexibility index (Phi) is 5.84. The van der Waals surface area contributed by atoms with E-state index < -0.39 is 0 Å². The molecule has 0 aromatic heterocycles. The molecule has 0 bridgehead atoms. The molecule has 7 nitrogen and oxygen atoms in total. The Hall–Kier alpha value is -2.55. The number of hydrogen-bond acceptors (Lipinski definition) is 5. The van der Waals surface area contributed by atoms with E-state index in [1.165, 1.54) is 4.90 Å².